The van der Waals surface area contributed by atoms with Crippen LogP contribution in [0.25, 0.3) is 0 Å². The van der Waals surface area contributed by atoms with Crippen LogP contribution < -0.4 is 16.0 Å². The van der Waals surface area contributed by atoms with Crippen LogP contribution in [-0.4, -0.2) is 38.2 Å². The molecule has 1 aliphatic carbocycles. The lowest BCUT2D eigenvalue weighted by atomic mass is 10.1. The number of anilines is 1. The highest BCUT2D eigenvalue weighted by atomic mass is 16.5. The van der Waals surface area contributed by atoms with E-state index >= 15 is 0 Å². The number of hydrogen-bond acceptors (Lipinski definition) is 3. The highest BCUT2D eigenvalue weighted by Gasteiger charge is 2.22. The first-order valence-electron chi connectivity index (χ1n) is 10.7. The molecule has 0 unspecified atom stereocenters. The molecule has 1 aromatic rings. The van der Waals surface area contributed by atoms with Gasteiger partial charge in [0.15, 0.2) is 5.96 Å². The van der Waals surface area contributed by atoms with Crippen molar-refractivity contribution in [3.8, 4) is 0 Å². The molecular weight excluding hydrogens is 352 g/mol. The van der Waals surface area contributed by atoms with Crippen molar-refractivity contribution in [3.63, 3.8) is 0 Å². The standard InChI is InChI=1S/C22H36N4O2/c1-3-23-22(24-14-7-8-15-28-4-2)25-17-18-10-9-13-20(16-18)26-21(27)19-11-5-6-12-19/h9-10,13,16,19H,3-8,11-12,14-15,17H2,1-2H3,(H,26,27)(H2,23,24,25). The smallest absolute Gasteiger partial charge is 0.227 e. The molecule has 0 radical (unpaired) electrons. The number of carbonyl (C=O) groups excluding carboxylic acids is 1. The lowest BCUT2D eigenvalue weighted by molar-refractivity contribution is -0.119. The average molecular weight is 389 g/mol. The van der Waals surface area contributed by atoms with Crippen molar-refractivity contribution < 1.29 is 9.53 Å². The molecule has 6 nitrogen and oxygen atoms in total. The van der Waals surface area contributed by atoms with Crippen LogP contribution >= 0.6 is 0 Å². The van der Waals surface area contributed by atoms with E-state index in [0.29, 0.717) is 6.54 Å². The number of hydrogen-bond donors (Lipinski definition) is 3. The van der Waals surface area contributed by atoms with Crippen LogP contribution in [0.5, 0.6) is 0 Å². The Hall–Kier alpha value is -2.08. The summed E-state index contributed by atoms with van der Waals surface area (Å²) in [5, 5.41) is 9.71. The topological polar surface area (TPSA) is 74.8 Å². The van der Waals surface area contributed by atoms with Crippen LogP contribution in [0, 0.1) is 5.92 Å². The van der Waals surface area contributed by atoms with Crippen molar-refractivity contribution in [2.75, 3.05) is 31.6 Å². The number of ether oxygens (including phenoxy) is 1. The van der Waals surface area contributed by atoms with Crippen molar-refractivity contribution >= 4 is 17.6 Å². The Morgan fingerprint density at radius 3 is 2.75 bits per heavy atom. The normalized spacial score (nSPS) is 14.9. The number of nitrogens with one attached hydrogen (secondary N) is 3. The van der Waals surface area contributed by atoms with Crippen molar-refractivity contribution in [1.82, 2.24) is 10.6 Å². The van der Waals surface area contributed by atoms with Gasteiger partial charge in [-0.2, -0.15) is 0 Å². The quantitative estimate of drug-likeness (QED) is 0.307. The fraction of sp³-hybridized carbons (Fsp3) is 0.636. The van der Waals surface area contributed by atoms with Gasteiger partial charge in [0.1, 0.15) is 0 Å². The number of rotatable bonds is 11. The number of benzene rings is 1. The summed E-state index contributed by atoms with van der Waals surface area (Å²) < 4.78 is 5.36. The molecule has 0 aliphatic heterocycles. The largest absolute Gasteiger partial charge is 0.382 e. The highest BCUT2D eigenvalue weighted by Crippen LogP contribution is 2.26. The predicted octanol–water partition coefficient (Wildman–Crippen LogP) is 3.69. The monoisotopic (exact) mass is 388 g/mol. The number of guanidine groups is 1. The Labute approximate surface area is 169 Å². The Balaban J connectivity index is 1.82. The van der Waals surface area contributed by atoms with E-state index < -0.39 is 0 Å². The van der Waals surface area contributed by atoms with Gasteiger partial charge in [-0.05, 0) is 57.2 Å². The van der Waals surface area contributed by atoms with Gasteiger partial charge in [-0.1, -0.05) is 25.0 Å². The van der Waals surface area contributed by atoms with E-state index in [9.17, 15) is 4.79 Å². The molecule has 2 rings (SSSR count). The molecule has 0 atom stereocenters. The SMILES string of the molecule is CCNC(=NCc1cccc(NC(=O)C2CCCC2)c1)NCCCCOCC. The zero-order chi connectivity index (χ0) is 20.0. The molecule has 0 bridgehead atoms. The Kier molecular flexibility index (Phi) is 10.4. The van der Waals surface area contributed by atoms with E-state index in [1.807, 2.05) is 31.2 Å². The molecule has 1 amide bonds. The van der Waals surface area contributed by atoms with Gasteiger partial charge in [-0.15, -0.1) is 0 Å². The van der Waals surface area contributed by atoms with E-state index in [4.69, 9.17) is 4.74 Å². The van der Waals surface area contributed by atoms with Crippen molar-refractivity contribution in [3.05, 3.63) is 29.8 Å². The summed E-state index contributed by atoms with van der Waals surface area (Å²) in [6.07, 6.45) is 6.45. The Morgan fingerprint density at radius 1 is 1.18 bits per heavy atom. The molecule has 3 N–H and O–H groups in total. The number of carbonyl (C=O) groups is 1. The maximum absolute atomic E-state index is 12.3. The van der Waals surface area contributed by atoms with Crippen molar-refractivity contribution in [2.45, 2.75) is 58.9 Å². The summed E-state index contributed by atoms with van der Waals surface area (Å²) in [6.45, 7) is 7.93. The van der Waals surface area contributed by atoms with E-state index in [2.05, 4.69) is 27.9 Å². The van der Waals surface area contributed by atoms with Gasteiger partial charge in [0.2, 0.25) is 5.91 Å². The molecule has 0 heterocycles. The average Bonchev–Trinajstić information content (AvgIpc) is 3.24. The molecule has 1 fully saturated rings. The molecule has 1 aromatic carbocycles. The van der Waals surface area contributed by atoms with Crippen LogP contribution in [0.2, 0.25) is 0 Å². The highest BCUT2D eigenvalue weighted by molar-refractivity contribution is 5.92. The van der Waals surface area contributed by atoms with Gasteiger partial charge in [-0.3, -0.25) is 4.79 Å². The maximum atomic E-state index is 12.3. The summed E-state index contributed by atoms with van der Waals surface area (Å²) >= 11 is 0. The Bertz CT molecular complexity index is 612. The molecule has 0 spiro atoms. The predicted molar refractivity (Wildman–Crippen MR) is 116 cm³/mol. The fourth-order valence-electron chi connectivity index (χ4n) is 3.37. The van der Waals surface area contributed by atoms with Crippen LogP contribution in [0.1, 0.15) is 57.9 Å². The number of unbranched alkanes of at least 4 members (excludes halogenated alkanes) is 1. The zero-order valence-corrected chi connectivity index (χ0v) is 17.4. The molecule has 6 heteroatoms. The summed E-state index contributed by atoms with van der Waals surface area (Å²) in [5.74, 6) is 1.15. The van der Waals surface area contributed by atoms with Crippen LogP contribution in [0.15, 0.2) is 29.3 Å². The molecular formula is C22H36N4O2. The third kappa shape index (κ3) is 8.30. The summed E-state index contributed by atoms with van der Waals surface area (Å²) in [6, 6.07) is 7.98. The van der Waals surface area contributed by atoms with Gasteiger partial charge < -0.3 is 20.7 Å². The number of aliphatic imine (C=N–C) groups is 1. The van der Waals surface area contributed by atoms with Crippen molar-refractivity contribution in [1.29, 1.82) is 0 Å². The van der Waals surface area contributed by atoms with Gasteiger partial charge in [0.05, 0.1) is 6.54 Å². The molecule has 1 saturated carbocycles. The van der Waals surface area contributed by atoms with Gasteiger partial charge >= 0.3 is 0 Å². The van der Waals surface area contributed by atoms with Crippen LogP contribution in [-0.2, 0) is 16.1 Å². The first kappa shape index (κ1) is 22.2. The van der Waals surface area contributed by atoms with E-state index in [1.165, 1.54) is 12.8 Å². The summed E-state index contributed by atoms with van der Waals surface area (Å²) in [4.78, 5) is 17.0. The van der Waals surface area contributed by atoms with E-state index in [-0.39, 0.29) is 11.8 Å². The molecule has 28 heavy (non-hydrogen) atoms. The minimum Gasteiger partial charge on any atom is -0.382 e. The van der Waals surface area contributed by atoms with Gasteiger partial charge in [0, 0.05) is 37.9 Å². The lowest BCUT2D eigenvalue weighted by Crippen LogP contribution is -2.37. The first-order chi connectivity index (χ1) is 13.7. The fourth-order valence-corrected chi connectivity index (χ4v) is 3.37. The number of amides is 1. The number of nitrogens with zero attached hydrogens (tertiary/aromatic N) is 1. The van der Waals surface area contributed by atoms with Crippen LogP contribution in [0.3, 0.4) is 0 Å². The summed E-state index contributed by atoms with van der Waals surface area (Å²) in [7, 11) is 0. The second kappa shape index (κ2) is 13.2. The van der Waals surface area contributed by atoms with E-state index in [1.54, 1.807) is 0 Å². The molecule has 0 aromatic heterocycles. The van der Waals surface area contributed by atoms with Gasteiger partial charge in [0.25, 0.3) is 0 Å². The maximum Gasteiger partial charge on any atom is 0.227 e. The zero-order valence-electron chi connectivity index (χ0n) is 17.4. The first-order valence-corrected chi connectivity index (χ1v) is 10.7. The lowest BCUT2D eigenvalue weighted by Gasteiger charge is -2.12. The van der Waals surface area contributed by atoms with Gasteiger partial charge in [-0.25, -0.2) is 4.99 Å². The molecule has 1 aliphatic rings. The third-order valence-corrected chi connectivity index (χ3v) is 4.90. The molecule has 156 valence electrons. The summed E-state index contributed by atoms with van der Waals surface area (Å²) in [5.41, 5.74) is 1.94. The third-order valence-electron chi connectivity index (χ3n) is 4.90. The minimum absolute atomic E-state index is 0.153. The van der Waals surface area contributed by atoms with Crippen molar-refractivity contribution in [2.24, 2.45) is 10.9 Å². The molecule has 0 saturated heterocycles. The van der Waals surface area contributed by atoms with E-state index in [0.717, 1.165) is 69.2 Å². The Morgan fingerprint density at radius 2 is 2.00 bits per heavy atom. The minimum atomic E-state index is 0.153. The second-order valence-corrected chi connectivity index (χ2v) is 7.20. The van der Waals surface area contributed by atoms with Crippen LogP contribution in [0.4, 0.5) is 5.69 Å². The second-order valence-electron chi connectivity index (χ2n) is 7.20.